The maximum absolute atomic E-state index is 3.36. The van der Waals surface area contributed by atoms with Crippen molar-refractivity contribution >= 4 is 6.08 Å². The molecule has 1 aromatic rings. The molecule has 1 atom stereocenters. The van der Waals surface area contributed by atoms with Gasteiger partial charge in [-0.3, -0.25) is 0 Å². The van der Waals surface area contributed by atoms with Gasteiger partial charge in [0.15, 0.2) is 0 Å². The first-order valence-electron chi connectivity index (χ1n) is 7.81. The highest BCUT2D eigenvalue weighted by Gasteiger charge is 2.09. The highest BCUT2D eigenvalue weighted by Crippen LogP contribution is 2.24. The summed E-state index contributed by atoms with van der Waals surface area (Å²) in [6.45, 7) is 2.21. The van der Waals surface area contributed by atoms with Crippen LogP contribution in [0.1, 0.15) is 51.0 Å². The number of hydrogen-bond acceptors (Lipinski definition) is 0. The van der Waals surface area contributed by atoms with Crippen LogP contribution in [0, 0.1) is 17.8 Å². The molecular formula is C20H24. The van der Waals surface area contributed by atoms with Crippen LogP contribution in [0.5, 0.6) is 0 Å². The van der Waals surface area contributed by atoms with Crippen molar-refractivity contribution in [3.63, 3.8) is 0 Å². The summed E-state index contributed by atoms with van der Waals surface area (Å²) in [6.07, 6.45) is 14.1. The van der Waals surface area contributed by atoms with Gasteiger partial charge in [0.05, 0.1) is 0 Å². The van der Waals surface area contributed by atoms with Crippen molar-refractivity contribution in [3.05, 3.63) is 53.6 Å². The smallest absolute Gasteiger partial charge is 0.00922 e. The van der Waals surface area contributed by atoms with E-state index in [1.54, 1.807) is 0 Å². The Morgan fingerprint density at radius 2 is 2.10 bits per heavy atom. The summed E-state index contributed by atoms with van der Waals surface area (Å²) in [5, 5.41) is 0. The molecule has 2 rings (SSSR count). The highest BCUT2D eigenvalue weighted by atomic mass is 14.1. The largest absolute Gasteiger partial charge is 0.0982 e. The van der Waals surface area contributed by atoms with Crippen molar-refractivity contribution in [3.8, 4) is 11.8 Å². The molecule has 0 heteroatoms. The van der Waals surface area contributed by atoms with Crippen molar-refractivity contribution in [2.45, 2.75) is 45.4 Å². The van der Waals surface area contributed by atoms with Gasteiger partial charge in [-0.1, -0.05) is 73.7 Å². The fourth-order valence-corrected chi connectivity index (χ4v) is 2.45. The van der Waals surface area contributed by atoms with Gasteiger partial charge < -0.3 is 0 Å². The van der Waals surface area contributed by atoms with Gasteiger partial charge in [0.25, 0.3) is 0 Å². The van der Waals surface area contributed by atoms with Crippen LogP contribution in [0.3, 0.4) is 0 Å². The summed E-state index contributed by atoms with van der Waals surface area (Å²) in [5.41, 5.74) is 2.62. The van der Waals surface area contributed by atoms with Gasteiger partial charge in [0.2, 0.25) is 0 Å². The third-order valence-corrected chi connectivity index (χ3v) is 3.64. The summed E-state index contributed by atoms with van der Waals surface area (Å²) >= 11 is 0. The van der Waals surface area contributed by atoms with Crippen LogP contribution in [0.2, 0.25) is 0 Å². The second kappa shape index (κ2) is 8.43. The lowest BCUT2D eigenvalue weighted by Crippen LogP contribution is -2.00. The van der Waals surface area contributed by atoms with E-state index >= 15 is 0 Å². The maximum atomic E-state index is 3.36. The molecule has 0 spiro atoms. The van der Waals surface area contributed by atoms with E-state index in [-0.39, 0.29) is 0 Å². The molecular weight excluding hydrogens is 240 g/mol. The number of unbranched alkanes of at least 4 members (excludes halogenated alkanes) is 2. The van der Waals surface area contributed by atoms with Crippen LogP contribution in [0.15, 0.2) is 48.1 Å². The van der Waals surface area contributed by atoms with Crippen LogP contribution < -0.4 is 0 Å². The summed E-state index contributed by atoms with van der Waals surface area (Å²) in [4.78, 5) is 0. The van der Waals surface area contributed by atoms with E-state index < -0.39 is 0 Å². The predicted molar refractivity (Wildman–Crippen MR) is 88.2 cm³/mol. The first-order chi connectivity index (χ1) is 9.88. The van der Waals surface area contributed by atoms with Gasteiger partial charge >= 0.3 is 0 Å². The molecule has 104 valence electrons. The molecule has 0 amide bonds. The molecule has 1 aliphatic rings. The second-order valence-electron chi connectivity index (χ2n) is 5.42. The van der Waals surface area contributed by atoms with Crippen molar-refractivity contribution in [1.82, 2.24) is 0 Å². The molecule has 0 bridgehead atoms. The Bertz CT molecular complexity index is 508. The number of rotatable bonds is 4. The maximum Gasteiger partial charge on any atom is 0.00922 e. The molecule has 1 aliphatic carbocycles. The van der Waals surface area contributed by atoms with Gasteiger partial charge in [-0.25, -0.2) is 0 Å². The molecule has 20 heavy (non-hydrogen) atoms. The van der Waals surface area contributed by atoms with Crippen LogP contribution in [-0.4, -0.2) is 0 Å². The molecule has 0 aromatic heterocycles. The summed E-state index contributed by atoms with van der Waals surface area (Å²) in [7, 11) is 0. The molecule has 0 radical (unpaired) electrons. The minimum atomic E-state index is 0.555. The predicted octanol–water partition coefficient (Wildman–Crippen LogP) is 5.62. The molecule has 0 saturated carbocycles. The summed E-state index contributed by atoms with van der Waals surface area (Å²) in [5.74, 6) is 7.22. The third-order valence-electron chi connectivity index (χ3n) is 3.64. The monoisotopic (exact) mass is 264 g/mol. The zero-order chi connectivity index (χ0) is 14.0. The Morgan fingerprint density at radius 3 is 2.90 bits per heavy atom. The standard InChI is InChI=1S/C20H24/c1-2-3-4-6-12-19-13-9-14-20(17-19)16-15-18-10-7-5-8-11-18/h5,7-8,10-11,15-17,20H,2-4,9,13-14H2,1H3/b16-15-. The topological polar surface area (TPSA) is 0 Å². The lowest BCUT2D eigenvalue weighted by molar-refractivity contribution is 0.621. The zero-order valence-corrected chi connectivity index (χ0v) is 12.4. The van der Waals surface area contributed by atoms with Crippen molar-refractivity contribution < 1.29 is 0 Å². The zero-order valence-electron chi connectivity index (χ0n) is 12.4. The molecule has 0 saturated heterocycles. The molecule has 0 heterocycles. The molecule has 0 nitrogen and oxygen atoms in total. The average molecular weight is 264 g/mol. The Morgan fingerprint density at radius 1 is 1.25 bits per heavy atom. The lowest BCUT2D eigenvalue weighted by Gasteiger charge is -2.15. The number of allylic oxidation sites excluding steroid dienone is 3. The van der Waals surface area contributed by atoms with Gasteiger partial charge in [0, 0.05) is 6.42 Å². The Kier molecular flexibility index (Phi) is 6.18. The van der Waals surface area contributed by atoms with Gasteiger partial charge in [0.1, 0.15) is 0 Å². The molecule has 0 N–H and O–H groups in total. The third kappa shape index (κ3) is 5.10. The minimum Gasteiger partial charge on any atom is -0.0982 e. The van der Waals surface area contributed by atoms with Crippen molar-refractivity contribution in [2.24, 2.45) is 5.92 Å². The normalized spacial score (nSPS) is 18.4. The fraction of sp³-hybridized carbons (Fsp3) is 0.400. The van der Waals surface area contributed by atoms with E-state index in [4.69, 9.17) is 0 Å². The fourth-order valence-electron chi connectivity index (χ4n) is 2.45. The summed E-state index contributed by atoms with van der Waals surface area (Å²) < 4.78 is 0. The van der Waals surface area contributed by atoms with Gasteiger partial charge in [-0.2, -0.15) is 0 Å². The number of benzene rings is 1. The van der Waals surface area contributed by atoms with E-state index in [1.807, 2.05) is 0 Å². The van der Waals surface area contributed by atoms with Crippen molar-refractivity contribution in [1.29, 1.82) is 0 Å². The Labute approximate surface area is 123 Å². The van der Waals surface area contributed by atoms with E-state index in [9.17, 15) is 0 Å². The first-order valence-corrected chi connectivity index (χ1v) is 7.81. The SMILES string of the molecule is CCCCC#CC1=CC(/C=C\c2ccccc2)CCC1. The van der Waals surface area contributed by atoms with Crippen LogP contribution in [0.4, 0.5) is 0 Å². The molecule has 1 aromatic carbocycles. The minimum absolute atomic E-state index is 0.555. The number of hydrogen-bond donors (Lipinski definition) is 0. The van der Waals surface area contributed by atoms with Crippen LogP contribution >= 0.6 is 0 Å². The van der Waals surface area contributed by atoms with E-state index in [0.717, 1.165) is 12.8 Å². The Balaban J connectivity index is 1.94. The van der Waals surface area contributed by atoms with Gasteiger partial charge in [-0.15, -0.1) is 0 Å². The van der Waals surface area contributed by atoms with E-state index in [2.05, 4.69) is 67.3 Å². The molecule has 1 unspecified atom stereocenters. The lowest BCUT2D eigenvalue weighted by atomic mass is 9.90. The Hall–Kier alpha value is -1.74. The molecule has 0 fully saturated rings. The van der Waals surface area contributed by atoms with Gasteiger partial charge in [-0.05, 0) is 42.7 Å². The quantitative estimate of drug-likeness (QED) is 0.489. The van der Waals surface area contributed by atoms with E-state index in [1.165, 1.54) is 36.8 Å². The van der Waals surface area contributed by atoms with E-state index in [0.29, 0.717) is 5.92 Å². The summed E-state index contributed by atoms with van der Waals surface area (Å²) in [6, 6.07) is 10.5. The highest BCUT2D eigenvalue weighted by molar-refractivity contribution is 5.49. The van der Waals surface area contributed by atoms with Crippen LogP contribution in [0.25, 0.3) is 6.08 Å². The van der Waals surface area contributed by atoms with Crippen molar-refractivity contribution in [2.75, 3.05) is 0 Å². The average Bonchev–Trinajstić information content (AvgIpc) is 2.51. The second-order valence-corrected chi connectivity index (χ2v) is 5.42. The first kappa shape index (κ1) is 14.7. The van der Waals surface area contributed by atoms with Crippen LogP contribution in [-0.2, 0) is 0 Å². The molecule has 0 aliphatic heterocycles.